The fraction of sp³-hybridized carbons (Fsp3) is 0.467. The SMILES string of the molecule is CCC(C)\N=C(OC)/C(=C\c1ccc(Br)s1)/N=C/CCI. The summed E-state index contributed by atoms with van der Waals surface area (Å²) < 4.78 is 7.60. The van der Waals surface area contributed by atoms with Gasteiger partial charge in [0.2, 0.25) is 5.90 Å². The molecule has 0 amide bonds. The molecule has 0 saturated heterocycles. The molecule has 0 aromatic carbocycles. The highest BCUT2D eigenvalue weighted by atomic mass is 127. The number of nitrogens with zero attached hydrogens (tertiary/aromatic N) is 2. The maximum atomic E-state index is 5.45. The number of hydrogen-bond donors (Lipinski definition) is 0. The normalized spacial score (nSPS) is 14.7. The minimum absolute atomic E-state index is 0.221. The second-order valence-electron chi connectivity index (χ2n) is 4.36. The van der Waals surface area contributed by atoms with Crippen molar-refractivity contribution in [1.82, 2.24) is 0 Å². The highest BCUT2D eigenvalue weighted by Gasteiger charge is 2.09. The zero-order chi connectivity index (χ0) is 15.7. The number of rotatable bonds is 7. The lowest BCUT2D eigenvalue weighted by Crippen LogP contribution is -2.09. The Morgan fingerprint density at radius 1 is 1.52 bits per heavy atom. The molecule has 0 fully saturated rings. The van der Waals surface area contributed by atoms with E-state index in [9.17, 15) is 0 Å². The van der Waals surface area contributed by atoms with E-state index < -0.39 is 0 Å². The van der Waals surface area contributed by atoms with Crippen LogP contribution in [0.5, 0.6) is 0 Å². The van der Waals surface area contributed by atoms with Crippen LogP contribution in [0.15, 0.2) is 31.6 Å². The lowest BCUT2D eigenvalue weighted by atomic mass is 10.2. The molecule has 0 aliphatic carbocycles. The van der Waals surface area contributed by atoms with Crippen molar-refractivity contribution in [2.75, 3.05) is 11.5 Å². The van der Waals surface area contributed by atoms with E-state index in [-0.39, 0.29) is 6.04 Å². The highest BCUT2D eigenvalue weighted by Crippen LogP contribution is 2.24. The summed E-state index contributed by atoms with van der Waals surface area (Å²) in [7, 11) is 1.65. The Bertz CT molecular complexity index is 525. The van der Waals surface area contributed by atoms with Gasteiger partial charge in [-0.05, 0) is 53.9 Å². The maximum Gasteiger partial charge on any atom is 0.235 e. The summed E-state index contributed by atoms with van der Waals surface area (Å²) in [6, 6.07) is 4.30. The molecule has 6 heteroatoms. The first-order valence-electron chi connectivity index (χ1n) is 6.78. The van der Waals surface area contributed by atoms with E-state index >= 15 is 0 Å². The van der Waals surface area contributed by atoms with Crippen molar-refractivity contribution in [3.63, 3.8) is 0 Å². The Morgan fingerprint density at radius 2 is 2.29 bits per heavy atom. The maximum absolute atomic E-state index is 5.45. The van der Waals surface area contributed by atoms with Gasteiger partial charge in [0, 0.05) is 15.5 Å². The molecule has 1 unspecified atom stereocenters. The lowest BCUT2D eigenvalue weighted by molar-refractivity contribution is 0.397. The average Bonchev–Trinajstić information content (AvgIpc) is 2.89. The van der Waals surface area contributed by atoms with Crippen LogP contribution in [0.4, 0.5) is 0 Å². The summed E-state index contributed by atoms with van der Waals surface area (Å²) in [6.45, 7) is 4.19. The third-order valence-electron chi connectivity index (χ3n) is 2.68. The van der Waals surface area contributed by atoms with E-state index in [1.807, 2.05) is 18.4 Å². The van der Waals surface area contributed by atoms with Crippen LogP contribution in [0.2, 0.25) is 0 Å². The van der Waals surface area contributed by atoms with Crippen molar-refractivity contribution >= 4 is 68.0 Å². The smallest absolute Gasteiger partial charge is 0.235 e. The van der Waals surface area contributed by atoms with E-state index in [1.54, 1.807) is 18.4 Å². The summed E-state index contributed by atoms with van der Waals surface area (Å²) in [4.78, 5) is 10.3. The van der Waals surface area contributed by atoms with Gasteiger partial charge in [0.15, 0.2) is 0 Å². The second-order valence-corrected chi connectivity index (χ2v) is 7.93. The predicted octanol–water partition coefficient (Wildman–Crippen LogP) is 5.59. The van der Waals surface area contributed by atoms with Gasteiger partial charge in [-0.2, -0.15) is 0 Å². The Labute approximate surface area is 152 Å². The summed E-state index contributed by atoms with van der Waals surface area (Å²) in [5.41, 5.74) is 0.775. The molecule has 1 heterocycles. The van der Waals surface area contributed by atoms with Crippen molar-refractivity contribution in [3.8, 4) is 0 Å². The third-order valence-corrected chi connectivity index (χ3v) is 4.88. The van der Waals surface area contributed by atoms with Gasteiger partial charge in [-0.1, -0.05) is 29.5 Å². The van der Waals surface area contributed by atoms with Crippen LogP contribution in [-0.2, 0) is 4.74 Å². The number of thiophene rings is 1. The quantitative estimate of drug-likeness (QED) is 0.216. The molecule has 0 saturated carbocycles. The van der Waals surface area contributed by atoms with Crippen molar-refractivity contribution in [2.45, 2.75) is 32.7 Å². The molecule has 0 bridgehead atoms. The van der Waals surface area contributed by atoms with E-state index in [1.165, 1.54) is 0 Å². The molecule has 1 rings (SSSR count). The van der Waals surface area contributed by atoms with Crippen molar-refractivity contribution in [2.24, 2.45) is 9.98 Å². The van der Waals surface area contributed by atoms with E-state index in [0.29, 0.717) is 5.90 Å². The van der Waals surface area contributed by atoms with Crippen LogP contribution in [0.3, 0.4) is 0 Å². The molecule has 1 aromatic heterocycles. The first-order valence-corrected chi connectivity index (χ1v) is 9.91. The fourth-order valence-electron chi connectivity index (χ4n) is 1.42. The van der Waals surface area contributed by atoms with Crippen molar-refractivity contribution in [1.29, 1.82) is 0 Å². The summed E-state index contributed by atoms with van der Waals surface area (Å²) in [5, 5.41) is 0. The van der Waals surface area contributed by atoms with Gasteiger partial charge >= 0.3 is 0 Å². The summed E-state index contributed by atoms with van der Waals surface area (Å²) in [5.74, 6) is 0.596. The molecule has 3 nitrogen and oxygen atoms in total. The second kappa shape index (κ2) is 10.5. The highest BCUT2D eigenvalue weighted by molar-refractivity contribution is 14.1. The Morgan fingerprint density at radius 3 is 2.81 bits per heavy atom. The molecular weight excluding hydrogens is 463 g/mol. The monoisotopic (exact) mass is 482 g/mol. The van der Waals surface area contributed by atoms with Crippen LogP contribution in [0.1, 0.15) is 31.6 Å². The van der Waals surface area contributed by atoms with Gasteiger partial charge < -0.3 is 4.74 Å². The van der Waals surface area contributed by atoms with Gasteiger partial charge in [0.05, 0.1) is 16.9 Å². The largest absolute Gasteiger partial charge is 0.480 e. The standard InChI is InChI=1S/C15H20BrIN2OS/c1-4-11(2)19-15(20-3)13(18-9-5-8-17)10-12-6-7-14(16)21-12/h6-7,9-11H,4-5,8H2,1-3H3/b13-10+,18-9+,19-15+. The Balaban J connectivity index is 3.11. The van der Waals surface area contributed by atoms with Crippen molar-refractivity contribution < 1.29 is 4.74 Å². The van der Waals surface area contributed by atoms with Crippen LogP contribution >= 0.6 is 49.9 Å². The number of methoxy groups -OCH3 is 1. The number of ether oxygens (including phenoxy) is 1. The number of halogens is 2. The molecule has 116 valence electrons. The first-order chi connectivity index (χ1) is 10.1. The third kappa shape index (κ3) is 7.06. The molecule has 0 aliphatic rings. The minimum Gasteiger partial charge on any atom is -0.480 e. The molecule has 0 radical (unpaired) electrons. The number of hydrogen-bond acceptors (Lipinski definition) is 4. The molecular formula is C15H20BrIN2OS. The van der Waals surface area contributed by atoms with Crippen LogP contribution in [0.25, 0.3) is 6.08 Å². The topological polar surface area (TPSA) is 34.0 Å². The van der Waals surface area contributed by atoms with Gasteiger partial charge in [-0.3, -0.25) is 4.99 Å². The summed E-state index contributed by atoms with van der Waals surface area (Å²) in [6.07, 6.45) is 5.85. The zero-order valence-electron chi connectivity index (χ0n) is 12.5. The van der Waals surface area contributed by atoms with E-state index in [4.69, 9.17) is 4.74 Å². The van der Waals surface area contributed by atoms with Gasteiger partial charge in [-0.25, -0.2) is 4.99 Å². The minimum atomic E-state index is 0.221. The predicted molar refractivity (Wildman–Crippen MR) is 106 cm³/mol. The molecule has 0 aliphatic heterocycles. The lowest BCUT2D eigenvalue weighted by Gasteiger charge is -2.09. The molecule has 1 aromatic rings. The first kappa shape index (κ1) is 18.8. The van der Waals surface area contributed by atoms with Gasteiger partial charge in [0.1, 0.15) is 5.70 Å². The van der Waals surface area contributed by atoms with Gasteiger partial charge in [-0.15, -0.1) is 11.3 Å². The molecule has 1 atom stereocenters. The zero-order valence-corrected chi connectivity index (χ0v) is 17.0. The van der Waals surface area contributed by atoms with Crippen LogP contribution < -0.4 is 0 Å². The molecule has 0 N–H and O–H groups in total. The van der Waals surface area contributed by atoms with E-state index in [0.717, 1.165) is 31.6 Å². The van der Waals surface area contributed by atoms with Crippen LogP contribution in [0, 0.1) is 0 Å². The van der Waals surface area contributed by atoms with Gasteiger partial charge in [0.25, 0.3) is 0 Å². The fourth-order valence-corrected chi connectivity index (χ4v) is 3.06. The summed E-state index contributed by atoms with van der Waals surface area (Å²) >= 11 is 7.48. The average molecular weight is 483 g/mol. The van der Waals surface area contributed by atoms with Crippen molar-refractivity contribution in [3.05, 3.63) is 26.5 Å². The van der Waals surface area contributed by atoms with Crippen LogP contribution in [-0.4, -0.2) is 29.7 Å². The molecule has 21 heavy (non-hydrogen) atoms. The number of aliphatic imine (C=N–C) groups is 2. The molecule has 0 spiro atoms. The van der Waals surface area contributed by atoms with E-state index in [2.05, 4.69) is 68.4 Å². The Hall–Kier alpha value is -0.210. The number of alkyl halides is 1. The Kier molecular flexibility index (Phi) is 9.42.